The third kappa shape index (κ3) is 8.88. The molecule has 0 bridgehead atoms. The number of unbranched alkanes of at least 4 members (excludes halogenated alkanes) is 3. The summed E-state index contributed by atoms with van der Waals surface area (Å²) in [6.45, 7) is 6.30. The Bertz CT molecular complexity index is 897. The zero-order valence-corrected chi connectivity index (χ0v) is 17.6. The molecule has 0 aromatic heterocycles. The molecule has 0 amide bonds. The molecule has 3 nitrogen and oxygen atoms in total. The number of hydrogen-bond acceptors (Lipinski definition) is 3. The first-order chi connectivity index (χ1) is 13.9. The topological polar surface area (TPSA) is 49.7 Å². The third-order valence-corrected chi connectivity index (χ3v) is 4.26. The summed E-state index contributed by atoms with van der Waals surface area (Å²) in [6, 6.07) is 13.7. The van der Waals surface area contributed by atoms with Crippen molar-refractivity contribution in [2.45, 2.75) is 52.1 Å². The Hall–Kier alpha value is -2.72. The van der Waals surface area contributed by atoms with Crippen molar-refractivity contribution in [3.8, 4) is 29.4 Å². The van der Waals surface area contributed by atoms with E-state index in [4.69, 9.17) is 9.84 Å². The van der Waals surface area contributed by atoms with Crippen LogP contribution >= 0.6 is 0 Å². The molecule has 0 aliphatic heterocycles. The van der Waals surface area contributed by atoms with Gasteiger partial charge in [-0.2, -0.15) is 0 Å². The van der Waals surface area contributed by atoms with Gasteiger partial charge in [0.1, 0.15) is 11.4 Å². The highest BCUT2D eigenvalue weighted by atomic mass is 16.5. The predicted molar refractivity (Wildman–Crippen MR) is 118 cm³/mol. The van der Waals surface area contributed by atoms with E-state index in [0.717, 1.165) is 53.7 Å². The van der Waals surface area contributed by atoms with E-state index >= 15 is 0 Å². The molecule has 2 aromatic rings. The van der Waals surface area contributed by atoms with Crippen LogP contribution in [0.3, 0.4) is 0 Å². The molecule has 0 unspecified atom stereocenters. The fraction of sp³-hybridized carbons (Fsp3) is 0.385. The average molecular weight is 391 g/mol. The van der Waals surface area contributed by atoms with Crippen LogP contribution in [0.1, 0.15) is 61.8 Å². The van der Waals surface area contributed by atoms with Crippen LogP contribution in [0, 0.1) is 30.6 Å². The van der Waals surface area contributed by atoms with Crippen LogP contribution in [0.5, 0.6) is 5.75 Å². The molecular weight excluding hydrogens is 360 g/mol. The van der Waals surface area contributed by atoms with Crippen LogP contribution in [-0.4, -0.2) is 29.0 Å². The van der Waals surface area contributed by atoms with Crippen LogP contribution < -0.4 is 4.74 Å². The zero-order chi connectivity index (χ0) is 21.1. The van der Waals surface area contributed by atoms with Crippen LogP contribution in [0.2, 0.25) is 0 Å². The summed E-state index contributed by atoms with van der Waals surface area (Å²) in [5.74, 6) is 13.1. The van der Waals surface area contributed by atoms with Crippen molar-refractivity contribution in [2.24, 2.45) is 0 Å². The van der Waals surface area contributed by atoms with Crippen molar-refractivity contribution in [1.29, 1.82) is 0 Å². The van der Waals surface area contributed by atoms with Gasteiger partial charge in [-0.3, -0.25) is 0 Å². The standard InChI is InChI=1S/C26H30O3/c1-21-20-23(10-13-24(21)16-17-26(2,3)28)9-8-22-11-14-25(15-12-22)29-19-7-5-4-6-18-27/h10-15,20,27-28H,4-7,18-19H2,1-3H3. The molecule has 3 heteroatoms. The van der Waals surface area contributed by atoms with Gasteiger partial charge in [0, 0.05) is 23.3 Å². The maximum absolute atomic E-state index is 9.73. The highest BCUT2D eigenvalue weighted by Crippen LogP contribution is 2.14. The van der Waals surface area contributed by atoms with Gasteiger partial charge in [-0.25, -0.2) is 0 Å². The Balaban J connectivity index is 1.92. The van der Waals surface area contributed by atoms with E-state index in [1.54, 1.807) is 13.8 Å². The van der Waals surface area contributed by atoms with Crippen molar-refractivity contribution >= 4 is 0 Å². The number of aryl methyl sites for hydroxylation is 1. The number of hydrogen-bond donors (Lipinski definition) is 2. The molecule has 0 aliphatic carbocycles. The second kappa shape index (κ2) is 11.3. The molecule has 0 aliphatic rings. The van der Waals surface area contributed by atoms with E-state index in [2.05, 4.69) is 23.7 Å². The summed E-state index contributed by atoms with van der Waals surface area (Å²) in [5.41, 5.74) is 2.80. The minimum Gasteiger partial charge on any atom is -0.494 e. The third-order valence-electron chi connectivity index (χ3n) is 4.26. The van der Waals surface area contributed by atoms with Crippen LogP contribution in [-0.2, 0) is 0 Å². The maximum atomic E-state index is 9.73. The Morgan fingerprint density at radius 3 is 2.17 bits per heavy atom. The van der Waals surface area contributed by atoms with Crippen molar-refractivity contribution in [3.63, 3.8) is 0 Å². The molecule has 2 N–H and O–H groups in total. The first kappa shape index (κ1) is 22.6. The molecule has 0 saturated carbocycles. The van der Waals surface area contributed by atoms with Crippen molar-refractivity contribution in [1.82, 2.24) is 0 Å². The summed E-state index contributed by atoms with van der Waals surface area (Å²) < 4.78 is 5.74. The van der Waals surface area contributed by atoms with Gasteiger partial charge in [0.25, 0.3) is 0 Å². The van der Waals surface area contributed by atoms with Crippen LogP contribution in [0.25, 0.3) is 0 Å². The highest BCUT2D eigenvalue weighted by Gasteiger charge is 2.06. The lowest BCUT2D eigenvalue weighted by molar-refractivity contribution is 0.143. The van der Waals surface area contributed by atoms with Crippen LogP contribution in [0.4, 0.5) is 0 Å². The normalized spacial score (nSPS) is 10.5. The minimum atomic E-state index is -0.999. The molecule has 0 radical (unpaired) electrons. The number of ether oxygens (including phenoxy) is 1. The number of aliphatic hydroxyl groups excluding tert-OH is 1. The number of benzene rings is 2. The Morgan fingerprint density at radius 2 is 1.52 bits per heavy atom. The van der Waals surface area contributed by atoms with Crippen molar-refractivity contribution < 1.29 is 14.9 Å². The fourth-order valence-electron chi connectivity index (χ4n) is 2.64. The van der Waals surface area contributed by atoms with Crippen molar-refractivity contribution in [3.05, 3.63) is 64.7 Å². The first-order valence-corrected chi connectivity index (χ1v) is 10.1. The summed E-state index contributed by atoms with van der Waals surface area (Å²) in [7, 11) is 0. The van der Waals surface area contributed by atoms with Gasteiger partial charge < -0.3 is 14.9 Å². The maximum Gasteiger partial charge on any atom is 0.120 e. The van der Waals surface area contributed by atoms with Gasteiger partial charge in [-0.15, -0.1) is 0 Å². The Kier molecular flexibility index (Phi) is 8.81. The van der Waals surface area contributed by atoms with Crippen molar-refractivity contribution in [2.75, 3.05) is 13.2 Å². The molecule has 0 spiro atoms. The molecule has 2 aromatic carbocycles. The number of aliphatic hydroxyl groups is 2. The molecule has 0 atom stereocenters. The zero-order valence-electron chi connectivity index (χ0n) is 17.6. The second-order valence-electron chi connectivity index (χ2n) is 7.60. The fourth-order valence-corrected chi connectivity index (χ4v) is 2.64. The molecule has 0 saturated heterocycles. The quantitative estimate of drug-likeness (QED) is 0.542. The summed E-state index contributed by atoms with van der Waals surface area (Å²) in [4.78, 5) is 0. The lowest BCUT2D eigenvalue weighted by Gasteiger charge is -2.06. The molecule has 2 rings (SSSR count). The minimum absolute atomic E-state index is 0.267. The van der Waals surface area contributed by atoms with Crippen LogP contribution in [0.15, 0.2) is 42.5 Å². The molecule has 29 heavy (non-hydrogen) atoms. The van der Waals surface area contributed by atoms with Gasteiger partial charge >= 0.3 is 0 Å². The first-order valence-electron chi connectivity index (χ1n) is 10.1. The van der Waals surface area contributed by atoms with Gasteiger partial charge in [0.15, 0.2) is 0 Å². The second-order valence-corrected chi connectivity index (χ2v) is 7.60. The summed E-state index contributed by atoms with van der Waals surface area (Å²) in [6.07, 6.45) is 3.98. The van der Waals surface area contributed by atoms with Gasteiger partial charge in [0.05, 0.1) is 6.61 Å². The SMILES string of the molecule is Cc1cc(C#Cc2ccc(OCCCCCCO)cc2)ccc1C#CC(C)(C)O. The van der Waals surface area contributed by atoms with E-state index in [-0.39, 0.29) is 6.61 Å². The smallest absolute Gasteiger partial charge is 0.120 e. The predicted octanol–water partition coefficient (Wildman–Crippen LogP) is 4.45. The molecular formula is C26H30O3. The summed E-state index contributed by atoms with van der Waals surface area (Å²) in [5, 5.41) is 18.5. The number of rotatable bonds is 7. The van der Waals surface area contributed by atoms with Gasteiger partial charge in [-0.05, 0) is 88.1 Å². The summed E-state index contributed by atoms with van der Waals surface area (Å²) >= 11 is 0. The van der Waals surface area contributed by atoms with E-state index < -0.39 is 5.60 Å². The average Bonchev–Trinajstić information content (AvgIpc) is 2.68. The Labute approximate surface area is 174 Å². The van der Waals surface area contributed by atoms with E-state index in [1.165, 1.54) is 0 Å². The van der Waals surface area contributed by atoms with E-state index in [9.17, 15) is 5.11 Å². The van der Waals surface area contributed by atoms with E-state index in [1.807, 2.05) is 49.4 Å². The largest absolute Gasteiger partial charge is 0.494 e. The van der Waals surface area contributed by atoms with E-state index in [0.29, 0.717) is 6.61 Å². The lowest BCUT2D eigenvalue weighted by atomic mass is 10.0. The molecule has 152 valence electrons. The van der Waals surface area contributed by atoms with Gasteiger partial charge in [0.2, 0.25) is 0 Å². The molecule has 0 heterocycles. The lowest BCUT2D eigenvalue weighted by Crippen LogP contribution is -2.14. The van der Waals surface area contributed by atoms with Gasteiger partial charge in [-0.1, -0.05) is 30.1 Å². The monoisotopic (exact) mass is 390 g/mol. The highest BCUT2D eigenvalue weighted by molar-refractivity contribution is 5.50. The Morgan fingerprint density at radius 1 is 0.862 bits per heavy atom. The molecule has 0 fully saturated rings.